The average molecular weight is 442 g/mol. The Morgan fingerprint density at radius 3 is 0.806 bits per heavy atom. The molecule has 0 rings (SSSR count). The maximum absolute atomic E-state index is 5.36. The lowest BCUT2D eigenvalue weighted by Gasteiger charge is -2.07. The van der Waals surface area contributed by atoms with Gasteiger partial charge in [-0.1, -0.05) is 161 Å². The minimum atomic E-state index is 0.760. The van der Waals surface area contributed by atoms with Gasteiger partial charge in [0.2, 0.25) is 0 Å². The second-order valence-corrected chi connectivity index (χ2v) is 9.56. The molecule has 0 bridgehead atoms. The first-order chi connectivity index (χ1) is 15.4. The van der Waals surface area contributed by atoms with Crippen molar-refractivity contribution in [1.82, 2.24) is 5.64 Å². The standard InChI is InChI=1S/C28H59NO2/c1-3-5-7-9-11-13-15-17-19-21-23-25-27-30-29-31-28-26-24-22-20-18-16-14-12-10-8-6-4-2/h29H,3-28H2,1-2H3. The molecule has 0 spiro atoms. The molecule has 0 heterocycles. The summed E-state index contributed by atoms with van der Waals surface area (Å²) >= 11 is 0. The molecule has 0 aliphatic carbocycles. The zero-order chi connectivity index (χ0) is 22.5. The van der Waals surface area contributed by atoms with Crippen molar-refractivity contribution in [2.24, 2.45) is 0 Å². The first kappa shape index (κ1) is 30.9. The average Bonchev–Trinajstić information content (AvgIpc) is 2.78. The molecule has 0 aromatic rings. The predicted molar refractivity (Wildman–Crippen MR) is 137 cm³/mol. The summed E-state index contributed by atoms with van der Waals surface area (Å²) in [7, 11) is 0. The van der Waals surface area contributed by atoms with Crippen molar-refractivity contribution < 1.29 is 9.68 Å². The molecule has 0 aliphatic heterocycles. The second kappa shape index (κ2) is 29.9. The van der Waals surface area contributed by atoms with E-state index in [-0.39, 0.29) is 0 Å². The summed E-state index contributed by atoms with van der Waals surface area (Å²) in [4.78, 5) is 10.7. The Bertz CT molecular complexity index is 271. The van der Waals surface area contributed by atoms with Crippen molar-refractivity contribution in [3.05, 3.63) is 0 Å². The van der Waals surface area contributed by atoms with E-state index in [1.165, 1.54) is 141 Å². The summed E-state index contributed by atoms with van der Waals surface area (Å²) in [6.45, 7) is 6.09. The molecular weight excluding hydrogens is 382 g/mol. The molecule has 3 heteroatoms. The Morgan fingerprint density at radius 2 is 0.548 bits per heavy atom. The van der Waals surface area contributed by atoms with Crippen LogP contribution in [0.1, 0.15) is 168 Å². The van der Waals surface area contributed by atoms with Gasteiger partial charge in [0.05, 0.1) is 13.2 Å². The van der Waals surface area contributed by atoms with Crippen LogP contribution in [0.5, 0.6) is 0 Å². The molecule has 0 fully saturated rings. The summed E-state index contributed by atoms with van der Waals surface area (Å²) < 4.78 is 0. The Kier molecular flexibility index (Phi) is 29.8. The second-order valence-electron chi connectivity index (χ2n) is 9.56. The first-order valence-corrected chi connectivity index (χ1v) is 14.4. The van der Waals surface area contributed by atoms with Crippen LogP contribution in [0.25, 0.3) is 0 Å². The molecule has 188 valence electrons. The fraction of sp³-hybridized carbons (Fsp3) is 1.00. The molecule has 0 aromatic carbocycles. The van der Waals surface area contributed by atoms with E-state index in [4.69, 9.17) is 9.68 Å². The largest absolute Gasteiger partial charge is 0.277 e. The van der Waals surface area contributed by atoms with Gasteiger partial charge in [-0.05, 0) is 12.8 Å². The van der Waals surface area contributed by atoms with Crippen molar-refractivity contribution >= 4 is 0 Å². The number of hydrogen-bond acceptors (Lipinski definition) is 3. The highest BCUT2D eigenvalue weighted by Crippen LogP contribution is 2.13. The van der Waals surface area contributed by atoms with Gasteiger partial charge < -0.3 is 0 Å². The SMILES string of the molecule is CCCCCCCCCCCCCCONOCCCCCCCCCCCCCC. The molecule has 0 saturated carbocycles. The third kappa shape index (κ3) is 29.9. The minimum Gasteiger partial charge on any atom is -0.277 e. The van der Waals surface area contributed by atoms with E-state index < -0.39 is 0 Å². The van der Waals surface area contributed by atoms with Gasteiger partial charge in [-0.2, -0.15) is 0 Å². The topological polar surface area (TPSA) is 30.5 Å². The highest BCUT2D eigenvalue weighted by Gasteiger charge is 1.96. The monoisotopic (exact) mass is 441 g/mol. The maximum Gasteiger partial charge on any atom is 0.0709 e. The van der Waals surface area contributed by atoms with Crippen molar-refractivity contribution in [2.45, 2.75) is 168 Å². The zero-order valence-corrected chi connectivity index (χ0v) is 21.7. The third-order valence-corrected chi connectivity index (χ3v) is 6.32. The smallest absolute Gasteiger partial charge is 0.0709 e. The van der Waals surface area contributed by atoms with E-state index in [0.29, 0.717) is 0 Å². The molecule has 0 saturated heterocycles. The highest BCUT2D eigenvalue weighted by atomic mass is 16.9. The van der Waals surface area contributed by atoms with Crippen LogP contribution in [0.15, 0.2) is 0 Å². The maximum atomic E-state index is 5.36. The number of nitrogens with one attached hydrogen (secondary N) is 1. The van der Waals surface area contributed by atoms with Crippen LogP contribution in [0, 0.1) is 0 Å². The van der Waals surface area contributed by atoms with Gasteiger partial charge in [0.15, 0.2) is 0 Å². The molecule has 0 atom stereocenters. The van der Waals surface area contributed by atoms with Crippen molar-refractivity contribution in [3.63, 3.8) is 0 Å². The minimum absolute atomic E-state index is 0.760. The van der Waals surface area contributed by atoms with Crippen molar-refractivity contribution in [1.29, 1.82) is 0 Å². The Hall–Kier alpha value is -0.120. The van der Waals surface area contributed by atoms with Gasteiger partial charge in [-0.25, -0.2) is 0 Å². The highest BCUT2D eigenvalue weighted by molar-refractivity contribution is 4.49. The van der Waals surface area contributed by atoms with E-state index in [2.05, 4.69) is 19.5 Å². The van der Waals surface area contributed by atoms with E-state index in [9.17, 15) is 0 Å². The quantitative estimate of drug-likeness (QED) is 0.0967. The van der Waals surface area contributed by atoms with Crippen molar-refractivity contribution in [2.75, 3.05) is 13.2 Å². The van der Waals surface area contributed by atoms with E-state index in [1.807, 2.05) is 0 Å². The Balaban J connectivity index is 2.98. The molecule has 0 unspecified atom stereocenters. The Labute approximate surface area is 196 Å². The van der Waals surface area contributed by atoms with Gasteiger partial charge in [-0.3, -0.25) is 9.68 Å². The molecule has 1 N–H and O–H groups in total. The van der Waals surface area contributed by atoms with E-state index >= 15 is 0 Å². The molecule has 0 radical (unpaired) electrons. The zero-order valence-electron chi connectivity index (χ0n) is 21.7. The Morgan fingerprint density at radius 1 is 0.323 bits per heavy atom. The van der Waals surface area contributed by atoms with Crippen LogP contribution in [0.2, 0.25) is 0 Å². The summed E-state index contributed by atoms with van der Waals surface area (Å²) in [6, 6.07) is 0. The summed E-state index contributed by atoms with van der Waals surface area (Å²) in [5, 5.41) is 0. The van der Waals surface area contributed by atoms with Gasteiger partial charge in [0.1, 0.15) is 0 Å². The van der Waals surface area contributed by atoms with Crippen LogP contribution >= 0.6 is 0 Å². The van der Waals surface area contributed by atoms with E-state index in [1.54, 1.807) is 0 Å². The number of rotatable bonds is 28. The normalized spacial score (nSPS) is 11.4. The fourth-order valence-electron chi connectivity index (χ4n) is 4.16. The third-order valence-electron chi connectivity index (χ3n) is 6.32. The van der Waals surface area contributed by atoms with Crippen molar-refractivity contribution in [3.8, 4) is 0 Å². The molecule has 0 aliphatic rings. The summed E-state index contributed by atoms with van der Waals surface area (Å²) in [5.41, 5.74) is 2.66. The fourth-order valence-corrected chi connectivity index (χ4v) is 4.16. The molecule has 0 aromatic heterocycles. The lowest BCUT2D eigenvalue weighted by atomic mass is 10.1. The van der Waals surface area contributed by atoms with Crippen LogP contribution in [0.3, 0.4) is 0 Å². The first-order valence-electron chi connectivity index (χ1n) is 14.4. The van der Waals surface area contributed by atoms with Gasteiger partial charge in [0, 0.05) is 0 Å². The number of hydrogen-bond donors (Lipinski definition) is 1. The molecule has 0 amide bonds. The summed E-state index contributed by atoms with van der Waals surface area (Å²) in [5.74, 6) is 0. The van der Waals surface area contributed by atoms with Crippen LogP contribution < -0.4 is 5.64 Å². The van der Waals surface area contributed by atoms with Crippen LogP contribution in [-0.4, -0.2) is 13.2 Å². The van der Waals surface area contributed by atoms with Gasteiger partial charge in [-0.15, -0.1) is 0 Å². The molecule has 3 nitrogen and oxygen atoms in total. The lowest BCUT2D eigenvalue weighted by Crippen LogP contribution is -2.16. The van der Waals surface area contributed by atoms with Crippen LogP contribution in [-0.2, 0) is 9.68 Å². The molecular formula is C28H59NO2. The van der Waals surface area contributed by atoms with Gasteiger partial charge >= 0.3 is 0 Å². The van der Waals surface area contributed by atoms with E-state index in [0.717, 1.165) is 26.1 Å². The summed E-state index contributed by atoms with van der Waals surface area (Å²) in [6.07, 6.45) is 33.0. The lowest BCUT2D eigenvalue weighted by molar-refractivity contribution is -0.171. The molecule has 31 heavy (non-hydrogen) atoms. The predicted octanol–water partition coefficient (Wildman–Crippen LogP) is 9.84. The number of unbranched alkanes of at least 4 members (excludes halogenated alkanes) is 22. The van der Waals surface area contributed by atoms with Crippen LogP contribution in [0.4, 0.5) is 0 Å². The van der Waals surface area contributed by atoms with Gasteiger partial charge in [0.25, 0.3) is 0 Å².